The first kappa shape index (κ1) is 35.0. The lowest BCUT2D eigenvalue weighted by Gasteiger charge is -2.29. The van der Waals surface area contributed by atoms with Gasteiger partial charge in [0.25, 0.3) is 12.9 Å². The number of rotatable bonds is 4. The Morgan fingerprint density at radius 3 is 1.73 bits per heavy atom. The standard InChI is InChI=1S/C19H28F2O.2C2H4.CH2O2.CH4/c1-12(2)14-9-13(18(3,4)5)10-15(19(6,7)8)17(14)22-11-16(20)21;2*1-2;2-1-3;/h9-10,16H,1,11H2,2-8H3;2*1-2H2;1H,(H,2,3);1H4. The van der Waals surface area contributed by atoms with Gasteiger partial charge in [-0.1, -0.05) is 61.6 Å². The van der Waals surface area contributed by atoms with Crippen LogP contribution in [0.3, 0.4) is 0 Å². The van der Waals surface area contributed by atoms with Gasteiger partial charge in [-0.2, -0.15) is 0 Å². The third-order valence-electron chi connectivity index (χ3n) is 3.58. The van der Waals surface area contributed by atoms with Crippen molar-refractivity contribution in [2.75, 3.05) is 6.61 Å². The molecular weight excluding hydrogens is 386 g/mol. The summed E-state index contributed by atoms with van der Waals surface area (Å²) < 4.78 is 30.7. The van der Waals surface area contributed by atoms with E-state index < -0.39 is 13.0 Å². The van der Waals surface area contributed by atoms with Gasteiger partial charge in [0.2, 0.25) is 0 Å². The summed E-state index contributed by atoms with van der Waals surface area (Å²) >= 11 is 0. The number of halogens is 2. The average Bonchev–Trinajstić information content (AvgIpc) is 2.61. The Kier molecular flexibility index (Phi) is 19.1. The van der Waals surface area contributed by atoms with Crippen LogP contribution in [0.15, 0.2) is 45.0 Å². The molecule has 0 aliphatic carbocycles. The van der Waals surface area contributed by atoms with Crippen LogP contribution in [0.25, 0.3) is 5.57 Å². The van der Waals surface area contributed by atoms with E-state index in [-0.39, 0.29) is 24.7 Å². The van der Waals surface area contributed by atoms with Crippen LogP contribution in [-0.4, -0.2) is 24.6 Å². The second kappa shape index (κ2) is 16.4. The molecule has 0 aliphatic heterocycles. The smallest absolute Gasteiger partial charge is 0.290 e. The van der Waals surface area contributed by atoms with Gasteiger partial charge in [-0.25, -0.2) is 8.78 Å². The van der Waals surface area contributed by atoms with Crippen molar-refractivity contribution >= 4 is 12.0 Å². The topological polar surface area (TPSA) is 46.5 Å². The highest BCUT2D eigenvalue weighted by molar-refractivity contribution is 5.71. The van der Waals surface area contributed by atoms with Crippen LogP contribution in [0, 0.1) is 0 Å². The van der Waals surface area contributed by atoms with Crippen LogP contribution in [0.2, 0.25) is 0 Å². The van der Waals surface area contributed by atoms with Crippen molar-refractivity contribution < 1.29 is 23.4 Å². The minimum Gasteiger partial charge on any atom is -0.487 e. The van der Waals surface area contributed by atoms with Crippen LogP contribution < -0.4 is 4.74 Å². The second-order valence-corrected chi connectivity index (χ2v) is 7.99. The van der Waals surface area contributed by atoms with Crippen LogP contribution in [0.5, 0.6) is 5.75 Å². The summed E-state index contributed by atoms with van der Waals surface area (Å²) in [5.74, 6) is 0.535. The highest BCUT2D eigenvalue weighted by Gasteiger charge is 2.26. The molecule has 0 amide bonds. The Labute approximate surface area is 183 Å². The fourth-order valence-corrected chi connectivity index (χ4v) is 2.24. The summed E-state index contributed by atoms with van der Waals surface area (Å²) in [4.78, 5) is 8.36. The van der Waals surface area contributed by atoms with Crippen molar-refractivity contribution in [3.8, 4) is 5.75 Å². The Balaban J connectivity index is -0.000000376. The maximum absolute atomic E-state index is 12.6. The van der Waals surface area contributed by atoms with Gasteiger partial charge in [-0.05, 0) is 35.0 Å². The zero-order valence-electron chi connectivity index (χ0n) is 19.1. The Bertz CT molecular complexity index is 623. The van der Waals surface area contributed by atoms with Crippen LogP contribution in [-0.2, 0) is 15.6 Å². The first-order valence-electron chi connectivity index (χ1n) is 9.09. The lowest BCUT2D eigenvalue weighted by atomic mass is 9.78. The lowest BCUT2D eigenvalue weighted by Crippen LogP contribution is -2.20. The molecule has 0 aliphatic rings. The summed E-state index contributed by atoms with van der Waals surface area (Å²) in [5.41, 5.74) is 3.49. The molecule has 1 N–H and O–H groups in total. The maximum Gasteiger partial charge on any atom is 0.290 e. The highest BCUT2D eigenvalue weighted by Crippen LogP contribution is 2.40. The minimum atomic E-state index is -2.49. The summed E-state index contributed by atoms with van der Waals surface area (Å²) in [6, 6.07) is 4.09. The van der Waals surface area contributed by atoms with Crippen molar-refractivity contribution in [2.24, 2.45) is 0 Å². The Hall–Kier alpha value is -2.43. The zero-order valence-corrected chi connectivity index (χ0v) is 19.1. The predicted octanol–water partition coefficient (Wildman–Crippen LogP) is 7.90. The molecule has 1 rings (SSSR count). The van der Waals surface area contributed by atoms with Gasteiger partial charge >= 0.3 is 0 Å². The molecule has 0 saturated heterocycles. The molecule has 1 aromatic rings. The number of benzene rings is 1. The zero-order chi connectivity index (χ0) is 24.0. The SMILES string of the molecule is C.C=C.C=C.C=C(C)c1cc(C(C)(C)C)cc(C(C)(C)C)c1OCC(F)F.O=CO. The molecule has 0 unspecified atom stereocenters. The molecule has 0 heterocycles. The van der Waals surface area contributed by atoms with E-state index in [9.17, 15) is 8.78 Å². The third-order valence-corrected chi connectivity index (χ3v) is 3.58. The molecule has 0 bridgehead atoms. The number of hydrogen-bond acceptors (Lipinski definition) is 2. The molecule has 5 heteroatoms. The summed E-state index contributed by atoms with van der Waals surface area (Å²) in [5, 5.41) is 6.89. The van der Waals surface area contributed by atoms with E-state index in [0.717, 1.165) is 22.3 Å². The molecular formula is C25H42F2O3. The minimum absolute atomic E-state index is 0. The van der Waals surface area contributed by atoms with Crippen molar-refractivity contribution in [3.63, 3.8) is 0 Å². The number of carboxylic acid groups (broad SMARTS) is 1. The summed E-state index contributed by atoms with van der Waals surface area (Å²) in [6.07, 6.45) is -2.49. The van der Waals surface area contributed by atoms with E-state index in [4.69, 9.17) is 14.6 Å². The van der Waals surface area contributed by atoms with Crippen molar-refractivity contribution in [2.45, 2.75) is 73.1 Å². The number of hydrogen-bond donors (Lipinski definition) is 1. The average molecular weight is 429 g/mol. The molecule has 0 saturated carbocycles. The number of allylic oxidation sites excluding steroid dienone is 1. The van der Waals surface area contributed by atoms with Gasteiger partial charge in [0.15, 0.2) is 0 Å². The van der Waals surface area contributed by atoms with E-state index >= 15 is 0 Å². The van der Waals surface area contributed by atoms with E-state index in [0.29, 0.717) is 5.75 Å². The monoisotopic (exact) mass is 428 g/mol. The fourth-order valence-electron chi connectivity index (χ4n) is 2.24. The molecule has 0 aromatic heterocycles. The summed E-state index contributed by atoms with van der Waals surface area (Å²) in [6.45, 7) is 29.6. The second-order valence-electron chi connectivity index (χ2n) is 7.99. The molecule has 1 aromatic carbocycles. The van der Waals surface area contributed by atoms with Crippen molar-refractivity contribution in [3.05, 3.63) is 61.7 Å². The number of alkyl halides is 2. The maximum atomic E-state index is 12.6. The molecule has 0 fully saturated rings. The van der Waals surface area contributed by atoms with E-state index in [1.54, 1.807) is 0 Å². The van der Waals surface area contributed by atoms with Crippen LogP contribution in [0.1, 0.15) is 72.6 Å². The first-order chi connectivity index (χ1) is 13.3. The molecule has 0 spiro atoms. The van der Waals surface area contributed by atoms with Crippen molar-refractivity contribution in [1.29, 1.82) is 0 Å². The van der Waals surface area contributed by atoms with Crippen molar-refractivity contribution in [1.82, 2.24) is 0 Å². The Morgan fingerprint density at radius 1 is 1.07 bits per heavy atom. The molecule has 0 atom stereocenters. The quantitative estimate of drug-likeness (QED) is 0.391. The van der Waals surface area contributed by atoms with Gasteiger partial charge in [-0.15, -0.1) is 26.3 Å². The van der Waals surface area contributed by atoms with E-state index in [1.807, 2.05) is 13.0 Å². The first-order valence-corrected chi connectivity index (χ1v) is 9.09. The van der Waals surface area contributed by atoms with Gasteiger partial charge in [0, 0.05) is 11.1 Å². The Morgan fingerprint density at radius 2 is 1.47 bits per heavy atom. The van der Waals surface area contributed by atoms with Crippen LogP contribution in [0.4, 0.5) is 8.78 Å². The number of carbonyl (C=O) groups is 1. The number of ether oxygens (including phenoxy) is 1. The third kappa shape index (κ3) is 12.9. The normalized spacial score (nSPS) is 9.93. The molecule has 30 heavy (non-hydrogen) atoms. The fraction of sp³-hybridized carbons (Fsp3) is 0.480. The van der Waals surface area contributed by atoms with Gasteiger partial charge in [-0.3, -0.25) is 4.79 Å². The molecule has 174 valence electrons. The van der Waals surface area contributed by atoms with E-state index in [2.05, 4.69) is 80.5 Å². The summed E-state index contributed by atoms with van der Waals surface area (Å²) in [7, 11) is 0. The molecule has 3 nitrogen and oxygen atoms in total. The largest absolute Gasteiger partial charge is 0.487 e. The van der Waals surface area contributed by atoms with E-state index in [1.165, 1.54) is 0 Å². The lowest BCUT2D eigenvalue weighted by molar-refractivity contribution is -0.122. The van der Waals surface area contributed by atoms with Gasteiger partial charge in [0.05, 0.1) is 0 Å². The van der Waals surface area contributed by atoms with Gasteiger partial charge < -0.3 is 9.84 Å². The predicted molar refractivity (Wildman–Crippen MR) is 128 cm³/mol. The van der Waals surface area contributed by atoms with Crippen LogP contribution >= 0.6 is 0 Å². The van der Waals surface area contributed by atoms with Gasteiger partial charge in [0.1, 0.15) is 12.4 Å². The highest BCUT2D eigenvalue weighted by atomic mass is 19.3. The molecule has 0 radical (unpaired) electrons.